The van der Waals surface area contributed by atoms with Crippen LogP contribution in [0.4, 0.5) is 10.5 Å². The van der Waals surface area contributed by atoms with Crippen LogP contribution in [0.3, 0.4) is 0 Å². The van der Waals surface area contributed by atoms with Crippen molar-refractivity contribution < 1.29 is 29.0 Å². The van der Waals surface area contributed by atoms with Crippen molar-refractivity contribution in [1.82, 2.24) is 5.32 Å². The Morgan fingerprint density at radius 3 is 2.36 bits per heavy atom. The molecule has 0 unspecified atom stereocenters. The Hall–Kier alpha value is -3.33. The monoisotopic (exact) mass is 446 g/mol. The van der Waals surface area contributed by atoms with Gasteiger partial charge in [0, 0.05) is 10.0 Å². The Morgan fingerprint density at radius 2 is 1.75 bits per heavy atom. The van der Waals surface area contributed by atoms with Crippen molar-refractivity contribution >= 4 is 45.5 Å². The second kappa shape index (κ2) is 7.73. The molecule has 0 aliphatic carbocycles. The molecule has 2 aromatic rings. The minimum Gasteiger partial charge on any atom is -0.504 e. The van der Waals surface area contributed by atoms with Crippen LogP contribution in [0, 0.1) is 0 Å². The van der Waals surface area contributed by atoms with Crippen molar-refractivity contribution in [1.29, 1.82) is 0 Å². The van der Waals surface area contributed by atoms with E-state index in [4.69, 9.17) is 9.47 Å². The zero-order valence-corrected chi connectivity index (χ0v) is 16.4. The number of methoxy groups -OCH3 is 2. The van der Waals surface area contributed by atoms with Gasteiger partial charge in [-0.3, -0.25) is 14.9 Å². The van der Waals surface area contributed by atoms with Crippen LogP contribution in [0.15, 0.2) is 46.4 Å². The van der Waals surface area contributed by atoms with Gasteiger partial charge in [0.1, 0.15) is 11.3 Å². The van der Waals surface area contributed by atoms with E-state index in [2.05, 4.69) is 21.2 Å². The summed E-state index contributed by atoms with van der Waals surface area (Å²) in [6.45, 7) is 0. The molecule has 0 spiro atoms. The smallest absolute Gasteiger partial charge is 0.335 e. The zero-order valence-electron chi connectivity index (χ0n) is 14.9. The van der Waals surface area contributed by atoms with Gasteiger partial charge >= 0.3 is 6.03 Å². The van der Waals surface area contributed by atoms with E-state index < -0.39 is 17.8 Å². The maximum atomic E-state index is 12.9. The number of benzene rings is 2. The second-order valence-corrected chi connectivity index (χ2v) is 6.62. The van der Waals surface area contributed by atoms with Gasteiger partial charge in [0.25, 0.3) is 11.8 Å². The predicted molar refractivity (Wildman–Crippen MR) is 104 cm³/mol. The summed E-state index contributed by atoms with van der Waals surface area (Å²) in [4.78, 5) is 38.2. The summed E-state index contributed by atoms with van der Waals surface area (Å²) in [7, 11) is 2.87. The van der Waals surface area contributed by atoms with E-state index in [1.54, 1.807) is 12.1 Å². The van der Waals surface area contributed by atoms with Gasteiger partial charge in [-0.05, 0) is 42.5 Å². The van der Waals surface area contributed by atoms with E-state index in [0.29, 0.717) is 10.2 Å². The minimum atomic E-state index is -0.867. The quantitative estimate of drug-likeness (QED) is 0.552. The van der Waals surface area contributed by atoms with Crippen molar-refractivity contribution in [2.75, 3.05) is 19.1 Å². The van der Waals surface area contributed by atoms with E-state index in [-0.39, 0.29) is 28.3 Å². The number of imide groups is 2. The highest BCUT2D eigenvalue weighted by Gasteiger charge is 2.37. The summed E-state index contributed by atoms with van der Waals surface area (Å²) < 4.78 is 10.7. The Bertz CT molecular complexity index is 1000. The van der Waals surface area contributed by atoms with Crippen LogP contribution >= 0.6 is 15.9 Å². The predicted octanol–water partition coefficient (Wildman–Crippen LogP) is 2.84. The molecule has 0 bridgehead atoms. The highest BCUT2D eigenvalue weighted by atomic mass is 79.9. The van der Waals surface area contributed by atoms with E-state index >= 15 is 0 Å². The SMILES string of the molecule is COc1ccc(N2C(=O)NC(=O)/C(=C/c3cc(Br)cc(OC)c3O)C2=O)cc1. The fourth-order valence-corrected chi connectivity index (χ4v) is 3.09. The Morgan fingerprint density at radius 1 is 1.07 bits per heavy atom. The molecule has 0 saturated carbocycles. The van der Waals surface area contributed by atoms with Crippen LogP contribution in [-0.2, 0) is 9.59 Å². The molecule has 1 aliphatic rings. The summed E-state index contributed by atoms with van der Waals surface area (Å²) >= 11 is 3.27. The number of halogens is 1. The first kappa shape index (κ1) is 19.4. The van der Waals surface area contributed by atoms with Gasteiger partial charge in [0.15, 0.2) is 11.5 Å². The molecular formula is C19H15BrN2O6. The standard InChI is InChI=1S/C19H15BrN2O6/c1-27-13-5-3-12(4-6-13)22-18(25)14(17(24)21-19(22)26)8-10-7-11(20)9-15(28-2)16(10)23/h3-9,23H,1-2H3,(H,21,24,26)/b14-8-. The molecule has 1 fully saturated rings. The fraction of sp³-hybridized carbons (Fsp3) is 0.105. The lowest BCUT2D eigenvalue weighted by molar-refractivity contribution is -0.122. The molecule has 0 radical (unpaired) electrons. The highest BCUT2D eigenvalue weighted by Crippen LogP contribution is 2.35. The van der Waals surface area contributed by atoms with E-state index in [1.807, 2.05) is 0 Å². The number of aromatic hydroxyl groups is 1. The molecule has 0 atom stereocenters. The van der Waals surface area contributed by atoms with Crippen LogP contribution < -0.4 is 19.7 Å². The molecule has 9 heteroatoms. The van der Waals surface area contributed by atoms with Crippen LogP contribution in [-0.4, -0.2) is 37.2 Å². The lowest BCUT2D eigenvalue weighted by atomic mass is 10.1. The molecule has 0 aromatic heterocycles. The van der Waals surface area contributed by atoms with Crippen LogP contribution in [0.2, 0.25) is 0 Å². The van der Waals surface area contributed by atoms with Crippen LogP contribution in [0.5, 0.6) is 17.2 Å². The Balaban J connectivity index is 2.05. The van der Waals surface area contributed by atoms with Crippen molar-refractivity contribution in [2.24, 2.45) is 0 Å². The molecule has 1 aliphatic heterocycles. The van der Waals surface area contributed by atoms with Gasteiger partial charge in [-0.15, -0.1) is 0 Å². The first-order chi connectivity index (χ1) is 13.3. The number of rotatable bonds is 4. The molecule has 28 heavy (non-hydrogen) atoms. The summed E-state index contributed by atoms with van der Waals surface area (Å²) in [6, 6.07) is 8.38. The maximum Gasteiger partial charge on any atom is 0.335 e. The number of urea groups is 1. The number of phenols is 1. The maximum absolute atomic E-state index is 12.9. The molecule has 144 valence electrons. The molecule has 1 saturated heterocycles. The van der Waals surface area contributed by atoms with Crippen molar-refractivity contribution in [2.45, 2.75) is 0 Å². The van der Waals surface area contributed by atoms with Crippen LogP contribution in [0.25, 0.3) is 6.08 Å². The van der Waals surface area contributed by atoms with Gasteiger partial charge in [-0.25, -0.2) is 9.69 Å². The van der Waals surface area contributed by atoms with Crippen molar-refractivity contribution in [3.8, 4) is 17.2 Å². The third-order valence-electron chi connectivity index (χ3n) is 4.02. The molecule has 1 heterocycles. The topological polar surface area (TPSA) is 105 Å². The number of anilines is 1. The molecule has 4 amide bonds. The number of carbonyl (C=O) groups excluding carboxylic acids is 3. The number of ether oxygens (including phenoxy) is 2. The van der Waals surface area contributed by atoms with Crippen molar-refractivity contribution in [3.63, 3.8) is 0 Å². The van der Waals surface area contributed by atoms with Gasteiger partial charge in [-0.2, -0.15) is 0 Å². The number of amides is 4. The van der Waals surface area contributed by atoms with Crippen molar-refractivity contribution in [3.05, 3.63) is 52.0 Å². The lowest BCUT2D eigenvalue weighted by Gasteiger charge is -2.26. The number of barbiturate groups is 1. The molecule has 2 N–H and O–H groups in total. The minimum absolute atomic E-state index is 0.160. The molecule has 3 rings (SSSR count). The summed E-state index contributed by atoms with van der Waals surface area (Å²) in [5, 5.41) is 12.4. The average molecular weight is 447 g/mol. The average Bonchev–Trinajstić information content (AvgIpc) is 2.67. The summed E-state index contributed by atoms with van der Waals surface area (Å²) in [5.41, 5.74) is 0.123. The number of hydrogen-bond acceptors (Lipinski definition) is 6. The van der Waals surface area contributed by atoms with Gasteiger partial charge in [0.2, 0.25) is 0 Å². The van der Waals surface area contributed by atoms with Gasteiger partial charge in [0.05, 0.1) is 19.9 Å². The molecule has 8 nitrogen and oxygen atoms in total. The second-order valence-electron chi connectivity index (χ2n) is 5.70. The Kier molecular flexibility index (Phi) is 5.36. The third kappa shape index (κ3) is 3.56. The van der Waals surface area contributed by atoms with Crippen LogP contribution in [0.1, 0.15) is 5.56 Å². The third-order valence-corrected chi connectivity index (χ3v) is 4.48. The van der Waals surface area contributed by atoms with Gasteiger partial charge in [-0.1, -0.05) is 15.9 Å². The Labute approximate surface area is 168 Å². The largest absolute Gasteiger partial charge is 0.504 e. The van der Waals surface area contributed by atoms with E-state index in [9.17, 15) is 19.5 Å². The highest BCUT2D eigenvalue weighted by molar-refractivity contribution is 9.10. The number of carbonyl (C=O) groups is 3. The lowest BCUT2D eigenvalue weighted by Crippen LogP contribution is -2.54. The summed E-state index contributed by atoms with van der Waals surface area (Å²) in [6.07, 6.45) is 1.20. The zero-order chi connectivity index (χ0) is 20.4. The number of hydrogen-bond donors (Lipinski definition) is 2. The van der Waals surface area contributed by atoms with E-state index in [1.165, 1.54) is 44.6 Å². The number of nitrogens with one attached hydrogen (secondary N) is 1. The number of nitrogens with zero attached hydrogens (tertiary/aromatic N) is 1. The van der Waals surface area contributed by atoms with E-state index in [0.717, 1.165) is 4.90 Å². The fourth-order valence-electron chi connectivity index (χ4n) is 2.64. The normalized spacial score (nSPS) is 15.6. The van der Waals surface area contributed by atoms with Gasteiger partial charge < -0.3 is 14.6 Å². The first-order valence-corrected chi connectivity index (χ1v) is 8.77. The molecular weight excluding hydrogens is 432 g/mol. The summed E-state index contributed by atoms with van der Waals surface area (Å²) in [5.74, 6) is -1.22. The number of phenolic OH excluding ortho intramolecular Hbond substituents is 1. The molecule has 2 aromatic carbocycles. The first-order valence-electron chi connectivity index (χ1n) is 7.97.